The maximum atomic E-state index is 12.4. The number of rotatable bonds is 4. The second-order valence-electron chi connectivity index (χ2n) is 5.72. The molecule has 0 saturated carbocycles. The summed E-state index contributed by atoms with van der Waals surface area (Å²) in [4.78, 5) is 15.5. The number of hydrazone groups is 1. The number of hydrogen-bond donors (Lipinski definition) is 2. The average molecular weight is 332 g/mol. The summed E-state index contributed by atoms with van der Waals surface area (Å²) in [5, 5.41) is 13.3. The molecule has 1 unspecified atom stereocenters. The Hall–Kier alpha value is -3.48. The number of benzene rings is 2. The monoisotopic (exact) mass is 332 g/mol. The molecule has 0 aliphatic rings. The molecule has 0 saturated heterocycles. The van der Waals surface area contributed by atoms with E-state index in [0.717, 1.165) is 27.5 Å². The van der Waals surface area contributed by atoms with Crippen LogP contribution in [-0.4, -0.2) is 32.1 Å². The normalized spacial score (nSPS) is 12.8. The Labute approximate surface area is 143 Å². The third-order valence-electron chi connectivity index (χ3n) is 4.12. The summed E-state index contributed by atoms with van der Waals surface area (Å²) in [5.74, 6) is -0.258. The number of nitrogens with zero attached hydrogens (tertiary/aromatic N) is 4. The van der Waals surface area contributed by atoms with Gasteiger partial charge in [0.15, 0.2) is 0 Å². The van der Waals surface area contributed by atoms with E-state index in [4.69, 9.17) is 0 Å². The Morgan fingerprint density at radius 1 is 1.24 bits per heavy atom. The van der Waals surface area contributed by atoms with Crippen LogP contribution >= 0.6 is 0 Å². The first-order chi connectivity index (χ1) is 12.2. The molecule has 2 N–H and O–H groups in total. The van der Waals surface area contributed by atoms with Crippen LogP contribution < -0.4 is 5.43 Å². The molecule has 0 aliphatic heterocycles. The van der Waals surface area contributed by atoms with Crippen LogP contribution in [0.5, 0.6) is 0 Å². The summed E-state index contributed by atoms with van der Waals surface area (Å²) in [6.45, 7) is 1.76. The molecule has 1 atom stereocenters. The molecule has 2 heterocycles. The molecular weight excluding hydrogens is 316 g/mol. The number of para-hydroxylation sites is 2. The largest absolute Gasteiger partial charge is 0.361 e. The minimum absolute atomic E-state index is 0.258. The van der Waals surface area contributed by atoms with Gasteiger partial charge in [-0.2, -0.15) is 5.10 Å². The third kappa shape index (κ3) is 2.76. The number of amides is 1. The lowest BCUT2D eigenvalue weighted by Crippen LogP contribution is -2.28. The Morgan fingerprint density at radius 3 is 2.96 bits per heavy atom. The highest BCUT2D eigenvalue weighted by molar-refractivity contribution is 5.99. The number of aromatic amines is 1. The molecule has 1 amide bonds. The summed E-state index contributed by atoms with van der Waals surface area (Å²) in [6.07, 6.45) is 3.48. The molecule has 7 nitrogen and oxygen atoms in total. The van der Waals surface area contributed by atoms with E-state index in [0.29, 0.717) is 0 Å². The maximum absolute atomic E-state index is 12.4. The fourth-order valence-corrected chi connectivity index (χ4v) is 2.74. The van der Waals surface area contributed by atoms with Gasteiger partial charge in [-0.3, -0.25) is 4.79 Å². The van der Waals surface area contributed by atoms with Crippen LogP contribution in [0.1, 0.15) is 18.5 Å². The van der Waals surface area contributed by atoms with E-state index in [2.05, 4.69) is 25.8 Å². The average Bonchev–Trinajstić information content (AvgIpc) is 3.25. The minimum atomic E-state index is -0.521. The molecule has 4 rings (SSSR count). The lowest BCUT2D eigenvalue weighted by atomic mass is 10.2. The SMILES string of the molecule is CC(C(=O)NN=Cc1c[nH]c2ccccc12)n1nnc2ccccc21. The van der Waals surface area contributed by atoms with Crippen LogP contribution in [0, 0.1) is 0 Å². The van der Waals surface area contributed by atoms with E-state index in [-0.39, 0.29) is 5.91 Å². The van der Waals surface area contributed by atoms with Gasteiger partial charge in [0, 0.05) is 22.7 Å². The number of nitrogens with one attached hydrogen (secondary N) is 2. The van der Waals surface area contributed by atoms with Gasteiger partial charge in [-0.1, -0.05) is 35.5 Å². The van der Waals surface area contributed by atoms with Gasteiger partial charge in [0.05, 0.1) is 11.7 Å². The van der Waals surface area contributed by atoms with E-state index in [1.54, 1.807) is 17.8 Å². The van der Waals surface area contributed by atoms with Gasteiger partial charge in [-0.15, -0.1) is 5.10 Å². The van der Waals surface area contributed by atoms with Crippen LogP contribution in [-0.2, 0) is 4.79 Å². The fraction of sp³-hybridized carbons (Fsp3) is 0.111. The van der Waals surface area contributed by atoms with Crippen LogP contribution in [0.4, 0.5) is 0 Å². The quantitative estimate of drug-likeness (QED) is 0.445. The second kappa shape index (κ2) is 6.20. The van der Waals surface area contributed by atoms with Gasteiger partial charge in [0.1, 0.15) is 11.6 Å². The summed E-state index contributed by atoms with van der Waals surface area (Å²) in [5.41, 5.74) is 6.07. The van der Waals surface area contributed by atoms with Gasteiger partial charge in [-0.25, -0.2) is 10.1 Å². The number of aromatic nitrogens is 4. The lowest BCUT2D eigenvalue weighted by Gasteiger charge is -2.10. The molecule has 4 aromatic rings. The lowest BCUT2D eigenvalue weighted by molar-refractivity contribution is -0.124. The molecule has 25 heavy (non-hydrogen) atoms. The summed E-state index contributed by atoms with van der Waals surface area (Å²) >= 11 is 0. The van der Waals surface area contributed by atoms with E-state index >= 15 is 0 Å². The number of carbonyl (C=O) groups is 1. The van der Waals surface area contributed by atoms with Crippen LogP contribution in [0.3, 0.4) is 0 Å². The fourth-order valence-electron chi connectivity index (χ4n) is 2.74. The van der Waals surface area contributed by atoms with Crippen molar-refractivity contribution in [3.05, 3.63) is 60.3 Å². The Morgan fingerprint density at radius 2 is 2.04 bits per heavy atom. The van der Waals surface area contributed by atoms with Crippen molar-refractivity contribution >= 4 is 34.1 Å². The van der Waals surface area contributed by atoms with Gasteiger partial charge in [0.2, 0.25) is 0 Å². The highest BCUT2D eigenvalue weighted by Gasteiger charge is 2.18. The van der Waals surface area contributed by atoms with E-state index in [1.165, 1.54) is 0 Å². The first-order valence-corrected chi connectivity index (χ1v) is 7.93. The van der Waals surface area contributed by atoms with Crippen molar-refractivity contribution in [2.24, 2.45) is 5.10 Å². The van der Waals surface area contributed by atoms with Gasteiger partial charge in [-0.05, 0) is 25.1 Å². The van der Waals surface area contributed by atoms with Crippen LogP contribution in [0.25, 0.3) is 21.9 Å². The molecule has 0 radical (unpaired) electrons. The molecule has 0 spiro atoms. The molecular formula is C18H16N6O. The number of carbonyl (C=O) groups excluding carboxylic acids is 1. The Kier molecular flexibility index (Phi) is 3.74. The maximum Gasteiger partial charge on any atom is 0.264 e. The van der Waals surface area contributed by atoms with Crippen molar-refractivity contribution in [2.75, 3.05) is 0 Å². The van der Waals surface area contributed by atoms with Gasteiger partial charge in [0.25, 0.3) is 5.91 Å². The van der Waals surface area contributed by atoms with Crippen molar-refractivity contribution in [3.8, 4) is 0 Å². The van der Waals surface area contributed by atoms with Crippen molar-refractivity contribution in [2.45, 2.75) is 13.0 Å². The zero-order valence-corrected chi connectivity index (χ0v) is 13.5. The van der Waals surface area contributed by atoms with E-state index in [9.17, 15) is 4.79 Å². The van der Waals surface area contributed by atoms with E-state index in [1.807, 2.05) is 54.7 Å². The Bertz CT molecular complexity index is 1080. The topological polar surface area (TPSA) is 88.0 Å². The molecule has 0 fully saturated rings. The molecule has 2 aromatic carbocycles. The predicted octanol–water partition coefficient (Wildman–Crippen LogP) is 2.62. The van der Waals surface area contributed by atoms with Crippen molar-refractivity contribution < 1.29 is 4.79 Å². The molecule has 2 aromatic heterocycles. The predicted molar refractivity (Wildman–Crippen MR) is 96.3 cm³/mol. The summed E-state index contributed by atoms with van der Waals surface area (Å²) < 4.78 is 1.59. The molecule has 124 valence electrons. The molecule has 0 bridgehead atoms. The zero-order chi connectivity index (χ0) is 17.2. The third-order valence-corrected chi connectivity index (χ3v) is 4.12. The highest BCUT2D eigenvalue weighted by Crippen LogP contribution is 2.16. The molecule has 0 aliphatic carbocycles. The molecule has 7 heteroatoms. The number of fused-ring (bicyclic) bond motifs is 2. The first-order valence-electron chi connectivity index (χ1n) is 7.93. The zero-order valence-electron chi connectivity index (χ0n) is 13.5. The van der Waals surface area contributed by atoms with Crippen LogP contribution in [0.2, 0.25) is 0 Å². The van der Waals surface area contributed by atoms with E-state index < -0.39 is 6.04 Å². The van der Waals surface area contributed by atoms with Crippen molar-refractivity contribution in [1.82, 2.24) is 25.4 Å². The minimum Gasteiger partial charge on any atom is -0.361 e. The summed E-state index contributed by atoms with van der Waals surface area (Å²) in [6, 6.07) is 14.9. The number of H-pyrrole nitrogens is 1. The number of hydrogen-bond acceptors (Lipinski definition) is 4. The smallest absolute Gasteiger partial charge is 0.264 e. The van der Waals surface area contributed by atoms with Crippen molar-refractivity contribution in [1.29, 1.82) is 0 Å². The second-order valence-corrected chi connectivity index (χ2v) is 5.72. The van der Waals surface area contributed by atoms with Crippen LogP contribution in [0.15, 0.2) is 59.8 Å². The van der Waals surface area contributed by atoms with Gasteiger partial charge < -0.3 is 4.98 Å². The Balaban J connectivity index is 1.50. The summed E-state index contributed by atoms with van der Waals surface area (Å²) in [7, 11) is 0. The first kappa shape index (κ1) is 15.1. The standard InChI is InChI=1S/C18H16N6O/c1-12(24-17-9-5-4-8-16(17)21-23-24)18(25)22-20-11-13-10-19-15-7-3-2-6-14(13)15/h2-12,19H,1H3,(H,22,25). The van der Waals surface area contributed by atoms with Crippen molar-refractivity contribution in [3.63, 3.8) is 0 Å². The van der Waals surface area contributed by atoms with Gasteiger partial charge >= 0.3 is 0 Å². The highest BCUT2D eigenvalue weighted by atomic mass is 16.2.